The minimum atomic E-state index is -3.17. The van der Waals surface area contributed by atoms with Crippen LogP contribution in [0.4, 0.5) is 0 Å². The molecule has 0 amide bonds. The number of aromatic nitrogens is 2. The van der Waals surface area contributed by atoms with Crippen LogP contribution in [0.2, 0.25) is 0 Å². The summed E-state index contributed by atoms with van der Waals surface area (Å²) >= 11 is 1.54. The lowest BCUT2D eigenvalue weighted by molar-refractivity contribution is 0.173. The molecule has 1 saturated carbocycles. The summed E-state index contributed by atoms with van der Waals surface area (Å²) in [5.74, 6) is 1.69. The number of thioether (sulfide) groups is 1. The number of nitrogens with one attached hydrogen (secondary N) is 1. The third kappa shape index (κ3) is 4.96. The third-order valence-corrected chi connectivity index (χ3v) is 7.45. The molecule has 3 rings (SSSR count). The van der Waals surface area contributed by atoms with Gasteiger partial charge in [-0.3, -0.25) is 9.36 Å². The number of hydrogen-bond donors (Lipinski definition) is 1. The van der Waals surface area contributed by atoms with Gasteiger partial charge in [0.25, 0.3) is 5.56 Å². The quantitative estimate of drug-likeness (QED) is 0.419. The Kier molecular flexibility index (Phi) is 6.83. The van der Waals surface area contributed by atoms with Gasteiger partial charge in [-0.1, -0.05) is 50.6 Å². The molecule has 28 heavy (non-hydrogen) atoms. The topological polar surface area (TPSA) is 81.1 Å². The molecule has 0 bridgehead atoms. The number of nitrogens with zero attached hydrogens (tertiary/aromatic N) is 2. The van der Waals surface area contributed by atoms with Crippen LogP contribution < -0.4 is 10.3 Å². The second-order valence-electron chi connectivity index (χ2n) is 7.79. The predicted molar refractivity (Wildman–Crippen MR) is 115 cm³/mol. The second kappa shape index (κ2) is 8.97. The van der Waals surface area contributed by atoms with Gasteiger partial charge in [0.05, 0.1) is 17.2 Å². The van der Waals surface area contributed by atoms with E-state index in [0.717, 1.165) is 29.8 Å². The van der Waals surface area contributed by atoms with Crippen molar-refractivity contribution in [2.75, 3.05) is 18.6 Å². The molecule has 3 atom stereocenters. The van der Waals surface area contributed by atoms with Gasteiger partial charge in [0, 0.05) is 18.3 Å². The highest BCUT2D eigenvalue weighted by Gasteiger charge is 2.31. The van der Waals surface area contributed by atoms with Gasteiger partial charge in [-0.05, 0) is 36.8 Å². The van der Waals surface area contributed by atoms with Crippen LogP contribution >= 0.6 is 11.8 Å². The second-order valence-corrected chi connectivity index (χ2v) is 10.7. The van der Waals surface area contributed by atoms with Gasteiger partial charge < -0.3 is 0 Å². The molecule has 0 radical (unpaired) electrons. The molecule has 1 N–H and O–H groups in total. The first-order valence-electron chi connectivity index (χ1n) is 9.86. The maximum atomic E-state index is 13.3. The lowest BCUT2D eigenvalue weighted by Gasteiger charge is -2.36. The van der Waals surface area contributed by atoms with Crippen molar-refractivity contribution < 1.29 is 8.42 Å². The van der Waals surface area contributed by atoms with Gasteiger partial charge in [-0.2, -0.15) is 0 Å². The molecule has 1 aliphatic carbocycles. The van der Waals surface area contributed by atoms with Gasteiger partial charge in [-0.15, -0.1) is 0 Å². The molecule has 2 aromatic rings. The first-order valence-corrected chi connectivity index (χ1v) is 12.7. The Bertz CT molecular complexity index is 988. The molecule has 0 spiro atoms. The molecule has 8 heteroatoms. The number of fused-ring (bicyclic) bond motifs is 1. The lowest BCUT2D eigenvalue weighted by Crippen LogP contribution is -2.35. The zero-order chi connectivity index (χ0) is 20.3. The fourth-order valence-electron chi connectivity index (χ4n) is 3.93. The summed E-state index contributed by atoms with van der Waals surface area (Å²) in [6, 6.07) is 7.66. The fourth-order valence-corrected chi connectivity index (χ4v) is 5.44. The molecule has 1 aromatic heterocycles. The van der Waals surface area contributed by atoms with Crippen molar-refractivity contribution in [1.82, 2.24) is 14.3 Å². The standard InChI is InChI=1S/C20H29N3O3S2/c1-14-8-6-11-18(15(14)2)23-19(24)16-9-4-5-10-17(16)22-20(23)27-13-7-12-21-28(3,25)26/h4-5,9-10,14-15,18,21H,6-8,11-13H2,1-3H3. The van der Waals surface area contributed by atoms with Crippen LogP contribution in [0.3, 0.4) is 0 Å². The summed E-state index contributed by atoms with van der Waals surface area (Å²) in [6.07, 6.45) is 5.16. The molecular formula is C20H29N3O3S2. The monoisotopic (exact) mass is 423 g/mol. The number of sulfonamides is 1. The zero-order valence-electron chi connectivity index (χ0n) is 16.7. The Hall–Kier alpha value is -1.38. The molecule has 6 nitrogen and oxygen atoms in total. The Morgan fingerprint density at radius 3 is 2.75 bits per heavy atom. The summed E-state index contributed by atoms with van der Waals surface area (Å²) in [5, 5.41) is 1.41. The summed E-state index contributed by atoms with van der Waals surface area (Å²) < 4.78 is 26.8. The maximum Gasteiger partial charge on any atom is 0.262 e. The average Bonchev–Trinajstić information content (AvgIpc) is 2.64. The molecule has 154 valence electrons. The van der Waals surface area contributed by atoms with Crippen molar-refractivity contribution in [2.24, 2.45) is 11.8 Å². The molecule has 1 aromatic carbocycles. The van der Waals surface area contributed by atoms with E-state index in [0.29, 0.717) is 35.9 Å². The summed E-state index contributed by atoms with van der Waals surface area (Å²) in [6.45, 7) is 4.89. The van der Waals surface area contributed by atoms with Gasteiger partial charge in [0.2, 0.25) is 10.0 Å². The first-order chi connectivity index (χ1) is 13.3. The molecule has 0 aliphatic heterocycles. The van der Waals surface area contributed by atoms with Crippen LogP contribution in [0.5, 0.6) is 0 Å². The van der Waals surface area contributed by atoms with Gasteiger partial charge in [0.15, 0.2) is 5.16 Å². The van der Waals surface area contributed by atoms with E-state index in [-0.39, 0.29) is 11.6 Å². The van der Waals surface area contributed by atoms with Crippen LogP contribution in [0.1, 0.15) is 45.6 Å². The van der Waals surface area contributed by atoms with Crippen molar-refractivity contribution >= 4 is 32.7 Å². The van der Waals surface area contributed by atoms with Gasteiger partial charge in [0.1, 0.15) is 0 Å². The number of rotatable bonds is 7. The molecule has 1 heterocycles. The smallest absolute Gasteiger partial charge is 0.262 e. The van der Waals surface area contributed by atoms with E-state index in [1.165, 1.54) is 6.42 Å². The van der Waals surface area contributed by atoms with Crippen molar-refractivity contribution in [1.29, 1.82) is 0 Å². The zero-order valence-corrected chi connectivity index (χ0v) is 18.4. The molecule has 1 aliphatic rings. The summed E-state index contributed by atoms with van der Waals surface area (Å²) in [4.78, 5) is 18.1. The van der Waals surface area contributed by atoms with Crippen molar-refractivity contribution in [3.63, 3.8) is 0 Å². The Labute approximate surface area is 171 Å². The van der Waals surface area contributed by atoms with Crippen molar-refractivity contribution in [3.05, 3.63) is 34.6 Å². The van der Waals surface area contributed by atoms with E-state index < -0.39 is 10.0 Å². The third-order valence-electron chi connectivity index (χ3n) is 5.69. The van der Waals surface area contributed by atoms with Gasteiger partial charge >= 0.3 is 0 Å². The van der Waals surface area contributed by atoms with E-state index in [4.69, 9.17) is 4.98 Å². The Balaban J connectivity index is 1.90. The van der Waals surface area contributed by atoms with Gasteiger partial charge in [-0.25, -0.2) is 18.1 Å². The Morgan fingerprint density at radius 1 is 1.25 bits per heavy atom. The largest absolute Gasteiger partial charge is 0.284 e. The highest BCUT2D eigenvalue weighted by atomic mass is 32.2. The van der Waals surface area contributed by atoms with E-state index in [1.807, 2.05) is 28.8 Å². The summed E-state index contributed by atoms with van der Waals surface area (Å²) in [7, 11) is -3.17. The predicted octanol–water partition coefficient (Wildman–Crippen LogP) is 3.43. The van der Waals surface area contributed by atoms with Crippen LogP contribution in [-0.4, -0.2) is 36.5 Å². The number of hydrogen-bond acceptors (Lipinski definition) is 5. The first kappa shape index (κ1) is 21.3. The number of para-hydroxylation sites is 1. The molecule has 0 saturated heterocycles. The van der Waals surface area contributed by atoms with E-state index >= 15 is 0 Å². The lowest BCUT2D eigenvalue weighted by atomic mass is 9.78. The van der Waals surface area contributed by atoms with Crippen molar-refractivity contribution in [3.8, 4) is 0 Å². The molecule has 1 fully saturated rings. The van der Waals surface area contributed by atoms with Crippen molar-refractivity contribution in [2.45, 2.75) is 50.7 Å². The highest BCUT2D eigenvalue weighted by molar-refractivity contribution is 7.99. The molecular weight excluding hydrogens is 394 g/mol. The van der Waals surface area contributed by atoms with E-state index in [1.54, 1.807) is 11.8 Å². The fraction of sp³-hybridized carbons (Fsp3) is 0.600. The van der Waals surface area contributed by atoms with Crippen LogP contribution in [0.25, 0.3) is 10.9 Å². The Morgan fingerprint density at radius 2 is 2.00 bits per heavy atom. The highest BCUT2D eigenvalue weighted by Crippen LogP contribution is 2.38. The van der Waals surface area contributed by atoms with Crippen LogP contribution in [0, 0.1) is 11.8 Å². The SMILES string of the molecule is CC1CCCC(n2c(SCCCNS(C)(=O)=O)nc3ccccc3c2=O)C1C. The minimum Gasteiger partial charge on any atom is -0.284 e. The maximum absolute atomic E-state index is 13.3. The van der Waals surface area contributed by atoms with Crippen LogP contribution in [-0.2, 0) is 10.0 Å². The number of benzene rings is 1. The van der Waals surface area contributed by atoms with E-state index in [9.17, 15) is 13.2 Å². The normalized spacial score (nSPS) is 23.2. The average molecular weight is 424 g/mol. The minimum absolute atomic E-state index is 0.0355. The summed E-state index contributed by atoms with van der Waals surface area (Å²) in [5.41, 5.74) is 0.755. The molecule has 3 unspecified atom stereocenters. The van der Waals surface area contributed by atoms with E-state index in [2.05, 4.69) is 18.6 Å². The van der Waals surface area contributed by atoms with Crippen LogP contribution in [0.15, 0.2) is 34.2 Å².